The van der Waals surface area contributed by atoms with Crippen LogP contribution < -0.4 is 5.32 Å². The Labute approximate surface area is 59.5 Å². The molecule has 1 rings (SSSR count). The highest BCUT2D eigenvalue weighted by Gasteiger charge is 2.13. The lowest BCUT2D eigenvalue weighted by atomic mass is 10.5. The summed E-state index contributed by atoms with van der Waals surface area (Å²) in [5.74, 6) is -0.132. The van der Waals surface area contributed by atoms with Crippen molar-refractivity contribution in [2.75, 3.05) is 13.2 Å². The van der Waals surface area contributed by atoms with Crippen LogP contribution in [0.15, 0.2) is 0 Å². The van der Waals surface area contributed by atoms with E-state index in [2.05, 4.69) is 5.32 Å². The minimum absolute atomic E-state index is 0.132. The van der Waals surface area contributed by atoms with Gasteiger partial charge in [-0.1, -0.05) is 0 Å². The lowest BCUT2D eigenvalue weighted by molar-refractivity contribution is -0.196. The largest absolute Gasteiger partial charge is 0.335 e. The Kier molecular flexibility index (Phi) is 2.65. The van der Waals surface area contributed by atoms with E-state index in [0.717, 1.165) is 6.42 Å². The van der Waals surface area contributed by atoms with Gasteiger partial charge in [-0.3, -0.25) is 4.79 Å². The van der Waals surface area contributed by atoms with Gasteiger partial charge in [-0.25, -0.2) is 0 Å². The van der Waals surface area contributed by atoms with Gasteiger partial charge < -0.3 is 14.8 Å². The number of carbonyl (C=O) groups excluding carboxylic acids is 1. The van der Waals surface area contributed by atoms with E-state index in [4.69, 9.17) is 9.47 Å². The van der Waals surface area contributed by atoms with Crippen LogP contribution >= 0.6 is 0 Å². The fourth-order valence-electron chi connectivity index (χ4n) is 0.737. The molecule has 1 fully saturated rings. The van der Waals surface area contributed by atoms with Crippen LogP contribution in [0.1, 0.15) is 13.3 Å². The second kappa shape index (κ2) is 3.53. The number of nitrogens with one attached hydrogen (secondary N) is 1. The lowest BCUT2D eigenvalue weighted by Gasteiger charge is -2.22. The van der Waals surface area contributed by atoms with Gasteiger partial charge in [0.05, 0.1) is 13.2 Å². The highest BCUT2D eigenvalue weighted by molar-refractivity contribution is 5.72. The van der Waals surface area contributed by atoms with Gasteiger partial charge in [-0.2, -0.15) is 0 Å². The van der Waals surface area contributed by atoms with Gasteiger partial charge in [-0.15, -0.1) is 0 Å². The summed E-state index contributed by atoms with van der Waals surface area (Å²) in [6.45, 7) is 2.75. The molecule has 0 bridgehead atoms. The van der Waals surface area contributed by atoms with Crippen molar-refractivity contribution < 1.29 is 14.3 Å². The normalized spacial score (nSPS) is 20.5. The maximum atomic E-state index is 10.4. The molecule has 4 heteroatoms. The van der Waals surface area contributed by atoms with Crippen molar-refractivity contribution in [3.63, 3.8) is 0 Å². The molecule has 0 aromatic carbocycles. The van der Waals surface area contributed by atoms with Crippen LogP contribution in [0.4, 0.5) is 0 Å². The first-order valence-corrected chi connectivity index (χ1v) is 3.29. The Bertz CT molecular complexity index is 120. The van der Waals surface area contributed by atoms with E-state index in [1.54, 1.807) is 0 Å². The monoisotopic (exact) mass is 145 g/mol. The molecular weight excluding hydrogens is 134 g/mol. The van der Waals surface area contributed by atoms with Crippen LogP contribution in [0.2, 0.25) is 0 Å². The molecule has 1 saturated heterocycles. The molecule has 0 unspecified atom stereocenters. The van der Waals surface area contributed by atoms with Crippen molar-refractivity contribution in [1.29, 1.82) is 0 Å². The molecule has 1 heterocycles. The summed E-state index contributed by atoms with van der Waals surface area (Å²) in [5, 5.41) is 2.50. The van der Waals surface area contributed by atoms with Crippen molar-refractivity contribution in [2.24, 2.45) is 0 Å². The summed E-state index contributed by atoms with van der Waals surface area (Å²) in [5.41, 5.74) is 0. The molecular formula is C6H11NO3. The zero-order chi connectivity index (χ0) is 7.40. The number of carbonyl (C=O) groups is 1. The second-order valence-corrected chi connectivity index (χ2v) is 2.13. The van der Waals surface area contributed by atoms with Crippen LogP contribution in [0, 0.1) is 0 Å². The van der Waals surface area contributed by atoms with Crippen molar-refractivity contribution in [2.45, 2.75) is 19.8 Å². The van der Waals surface area contributed by atoms with Gasteiger partial charge in [0.1, 0.15) is 0 Å². The summed E-state index contributed by atoms with van der Waals surface area (Å²) >= 11 is 0. The van der Waals surface area contributed by atoms with E-state index in [1.165, 1.54) is 6.92 Å². The summed E-state index contributed by atoms with van der Waals surface area (Å²) < 4.78 is 10.1. The Hall–Kier alpha value is -0.610. The third kappa shape index (κ3) is 2.33. The quantitative estimate of drug-likeness (QED) is 0.558. The average Bonchev–Trinajstić information content (AvgIpc) is 1.88. The third-order valence-corrected chi connectivity index (χ3v) is 1.15. The van der Waals surface area contributed by atoms with E-state index in [0.29, 0.717) is 13.2 Å². The molecule has 0 spiro atoms. The number of hydrogen-bond donors (Lipinski definition) is 1. The van der Waals surface area contributed by atoms with E-state index in [-0.39, 0.29) is 5.91 Å². The molecule has 0 saturated carbocycles. The van der Waals surface area contributed by atoms with Crippen LogP contribution in [-0.4, -0.2) is 25.5 Å². The predicted octanol–water partition coefficient (Wildman–Crippen LogP) is -0.157. The Morgan fingerprint density at radius 2 is 2.10 bits per heavy atom. The zero-order valence-electron chi connectivity index (χ0n) is 5.92. The van der Waals surface area contributed by atoms with Crippen LogP contribution in [0.25, 0.3) is 0 Å². The Morgan fingerprint density at radius 1 is 1.50 bits per heavy atom. The minimum Gasteiger partial charge on any atom is -0.335 e. The summed E-state index contributed by atoms with van der Waals surface area (Å²) in [6.07, 6.45) is 0.377. The highest BCUT2D eigenvalue weighted by atomic mass is 16.7. The molecule has 1 N–H and O–H groups in total. The molecule has 0 aromatic rings. The number of hydrogen-bond acceptors (Lipinski definition) is 3. The molecule has 0 aromatic heterocycles. The highest BCUT2D eigenvalue weighted by Crippen LogP contribution is 2.00. The van der Waals surface area contributed by atoms with Gasteiger partial charge in [0.2, 0.25) is 12.3 Å². The van der Waals surface area contributed by atoms with Crippen molar-refractivity contribution in [1.82, 2.24) is 5.32 Å². The molecule has 58 valence electrons. The van der Waals surface area contributed by atoms with E-state index >= 15 is 0 Å². The maximum Gasteiger partial charge on any atom is 0.240 e. The molecule has 1 amide bonds. The van der Waals surface area contributed by atoms with Gasteiger partial charge in [-0.05, 0) is 6.42 Å². The Morgan fingerprint density at radius 3 is 2.60 bits per heavy atom. The first-order valence-electron chi connectivity index (χ1n) is 3.29. The average molecular weight is 145 g/mol. The topological polar surface area (TPSA) is 47.6 Å². The fraction of sp³-hybridized carbons (Fsp3) is 0.833. The fourth-order valence-corrected chi connectivity index (χ4v) is 0.737. The van der Waals surface area contributed by atoms with E-state index < -0.39 is 6.41 Å². The third-order valence-electron chi connectivity index (χ3n) is 1.15. The molecule has 1 aliphatic rings. The van der Waals surface area contributed by atoms with Crippen LogP contribution in [0.3, 0.4) is 0 Å². The van der Waals surface area contributed by atoms with Crippen molar-refractivity contribution in [3.8, 4) is 0 Å². The number of ether oxygens (including phenoxy) is 2. The maximum absolute atomic E-state index is 10.4. The molecule has 10 heavy (non-hydrogen) atoms. The van der Waals surface area contributed by atoms with Crippen LogP contribution in [-0.2, 0) is 14.3 Å². The number of amides is 1. The standard InChI is InChI=1S/C6H11NO3/c1-5(8)7-6-9-3-2-4-10-6/h6H,2-4H2,1H3,(H,7,8). The van der Waals surface area contributed by atoms with Crippen LogP contribution in [0.5, 0.6) is 0 Å². The second-order valence-electron chi connectivity index (χ2n) is 2.13. The van der Waals surface area contributed by atoms with Crippen molar-refractivity contribution in [3.05, 3.63) is 0 Å². The van der Waals surface area contributed by atoms with Gasteiger partial charge in [0, 0.05) is 6.92 Å². The molecule has 0 aliphatic carbocycles. The summed E-state index contributed by atoms with van der Waals surface area (Å²) in [4.78, 5) is 10.4. The predicted molar refractivity (Wildman–Crippen MR) is 34.1 cm³/mol. The lowest BCUT2D eigenvalue weighted by Crippen LogP contribution is -2.40. The molecule has 1 aliphatic heterocycles. The van der Waals surface area contributed by atoms with E-state index in [9.17, 15) is 4.79 Å². The minimum atomic E-state index is -0.522. The first-order chi connectivity index (χ1) is 4.79. The summed E-state index contributed by atoms with van der Waals surface area (Å²) in [6, 6.07) is 0. The zero-order valence-corrected chi connectivity index (χ0v) is 5.92. The number of rotatable bonds is 1. The van der Waals surface area contributed by atoms with Gasteiger partial charge >= 0.3 is 0 Å². The molecule has 0 radical (unpaired) electrons. The van der Waals surface area contributed by atoms with E-state index in [1.807, 2.05) is 0 Å². The first kappa shape index (κ1) is 7.50. The van der Waals surface area contributed by atoms with Crippen molar-refractivity contribution >= 4 is 5.91 Å². The summed E-state index contributed by atoms with van der Waals surface area (Å²) in [7, 11) is 0. The van der Waals surface area contributed by atoms with Gasteiger partial charge in [0.25, 0.3) is 0 Å². The molecule has 0 atom stereocenters. The smallest absolute Gasteiger partial charge is 0.240 e. The van der Waals surface area contributed by atoms with Gasteiger partial charge in [0.15, 0.2) is 0 Å². The Balaban J connectivity index is 2.19. The molecule has 4 nitrogen and oxygen atoms in total. The SMILES string of the molecule is CC(=O)NC1OCCCO1.